The quantitative estimate of drug-likeness (QED) is 0.909. The van der Waals surface area contributed by atoms with Gasteiger partial charge in [0, 0.05) is 34.5 Å². The molecule has 2 aromatic heterocycles. The second kappa shape index (κ2) is 4.73. The Morgan fingerprint density at radius 3 is 2.91 bits per heavy atom. The summed E-state index contributed by atoms with van der Waals surface area (Å²) in [5.41, 5.74) is 0.735. The molecule has 1 saturated heterocycles. The molecule has 114 valence electrons. The Kier molecular flexibility index (Phi) is 3.03. The Balaban J connectivity index is 1.64. The summed E-state index contributed by atoms with van der Waals surface area (Å²) in [7, 11) is 0. The Morgan fingerprint density at radius 2 is 2.23 bits per heavy atom. The average molecular weight is 361 g/mol. The van der Waals surface area contributed by atoms with E-state index in [-0.39, 0.29) is 11.1 Å². The van der Waals surface area contributed by atoms with E-state index in [9.17, 15) is 0 Å². The first-order valence-corrected chi connectivity index (χ1v) is 8.16. The molecule has 4 rings (SSSR count). The number of pyridine rings is 1. The van der Waals surface area contributed by atoms with Crippen LogP contribution in [0.25, 0.3) is 11.4 Å². The summed E-state index contributed by atoms with van der Waals surface area (Å²) in [4.78, 5) is 13.2. The first-order chi connectivity index (χ1) is 10.5. The molecule has 2 aliphatic rings. The van der Waals surface area contributed by atoms with E-state index in [0.717, 1.165) is 28.9 Å². The average Bonchev–Trinajstić information content (AvgIpc) is 3.15. The molecule has 0 aromatic carbocycles. The molecule has 2 unspecified atom stereocenters. The second-order valence-corrected chi connectivity index (χ2v) is 7.39. The summed E-state index contributed by atoms with van der Waals surface area (Å²) < 4.78 is 6.80. The molecule has 0 radical (unpaired) electrons. The van der Waals surface area contributed by atoms with Crippen molar-refractivity contribution in [1.82, 2.24) is 15.0 Å². The Morgan fingerprint density at radius 1 is 1.36 bits per heavy atom. The fourth-order valence-corrected chi connectivity index (χ4v) is 3.70. The second-order valence-electron chi connectivity index (χ2n) is 6.48. The molecule has 3 heterocycles. The van der Waals surface area contributed by atoms with Crippen molar-refractivity contribution in [1.29, 1.82) is 0 Å². The van der Waals surface area contributed by atoms with Crippen LogP contribution in [-0.2, 0) is 4.74 Å². The van der Waals surface area contributed by atoms with Gasteiger partial charge in [0.2, 0.25) is 0 Å². The molecular formula is C16H17BrN4O. The van der Waals surface area contributed by atoms with Gasteiger partial charge in [-0.25, -0.2) is 9.97 Å². The molecule has 2 atom stereocenters. The monoisotopic (exact) mass is 360 g/mol. The Hall–Kier alpha value is -1.53. The highest BCUT2D eigenvalue weighted by atomic mass is 79.9. The highest BCUT2D eigenvalue weighted by Crippen LogP contribution is 2.59. The summed E-state index contributed by atoms with van der Waals surface area (Å²) in [6.45, 7) is 5.12. The number of anilines is 1. The van der Waals surface area contributed by atoms with Gasteiger partial charge in [0.25, 0.3) is 0 Å². The lowest BCUT2D eigenvalue weighted by Crippen LogP contribution is -2.43. The number of aromatic nitrogens is 3. The molecule has 1 aliphatic heterocycles. The molecule has 5 nitrogen and oxygen atoms in total. The number of halogens is 1. The minimum Gasteiger partial charge on any atom is -0.373 e. The molecule has 1 saturated carbocycles. The van der Waals surface area contributed by atoms with Crippen LogP contribution in [0.5, 0.6) is 0 Å². The van der Waals surface area contributed by atoms with E-state index < -0.39 is 0 Å². The molecular weight excluding hydrogens is 344 g/mol. The van der Waals surface area contributed by atoms with E-state index in [1.165, 1.54) is 0 Å². The minimum absolute atomic E-state index is 0.00808. The lowest BCUT2D eigenvalue weighted by molar-refractivity contribution is 0.00279. The van der Waals surface area contributed by atoms with Gasteiger partial charge in [-0.1, -0.05) is 0 Å². The van der Waals surface area contributed by atoms with Crippen molar-refractivity contribution in [2.45, 2.75) is 31.4 Å². The van der Waals surface area contributed by atoms with Gasteiger partial charge in [0.1, 0.15) is 5.82 Å². The van der Waals surface area contributed by atoms with Crippen molar-refractivity contribution < 1.29 is 4.74 Å². The molecule has 2 aromatic rings. The standard InChI is InChI=1S/C16H17BrN4O/c1-15(2)16(6-11(16)9-22-15)21-13-3-4-19-14(20-13)10-5-12(17)8-18-7-10/h3-5,7-8,11H,6,9H2,1-2H3,(H,19,20,21). The van der Waals surface area contributed by atoms with Crippen molar-refractivity contribution in [3.63, 3.8) is 0 Å². The van der Waals surface area contributed by atoms with Gasteiger partial charge in [-0.05, 0) is 48.3 Å². The predicted octanol–water partition coefficient (Wildman–Crippen LogP) is 3.28. The van der Waals surface area contributed by atoms with Crippen LogP contribution >= 0.6 is 15.9 Å². The fraction of sp³-hybridized carbons (Fsp3) is 0.438. The highest BCUT2D eigenvalue weighted by Gasteiger charge is 2.68. The number of rotatable bonds is 3. The maximum atomic E-state index is 5.89. The molecule has 0 bridgehead atoms. The zero-order valence-corrected chi connectivity index (χ0v) is 14.1. The van der Waals surface area contributed by atoms with Crippen LogP contribution in [0, 0.1) is 5.92 Å². The summed E-state index contributed by atoms with van der Waals surface area (Å²) in [6, 6.07) is 3.88. The Bertz CT molecular complexity index is 736. The van der Waals surface area contributed by atoms with Crippen LogP contribution in [0.15, 0.2) is 35.2 Å². The van der Waals surface area contributed by atoms with Crippen molar-refractivity contribution >= 4 is 21.7 Å². The molecule has 1 N–H and O–H groups in total. The SMILES string of the molecule is CC1(C)OCC2CC21Nc1ccnc(-c2cncc(Br)c2)n1. The molecule has 22 heavy (non-hydrogen) atoms. The summed E-state index contributed by atoms with van der Waals surface area (Å²) in [5.74, 6) is 2.09. The van der Waals surface area contributed by atoms with Gasteiger partial charge in [0.15, 0.2) is 5.82 Å². The molecule has 2 fully saturated rings. The first kappa shape index (κ1) is 14.1. The Labute approximate surface area is 137 Å². The van der Waals surface area contributed by atoms with E-state index in [1.54, 1.807) is 18.6 Å². The van der Waals surface area contributed by atoms with Gasteiger partial charge < -0.3 is 10.1 Å². The van der Waals surface area contributed by atoms with Crippen molar-refractivity contribution in [2.24, 2.45) is 5.92 Å². The minimum atomic E-state index is -0.167. The highest BCUT2D eigenvalue weighted by molar-refractivity contribution is 9.10. The third-order valence-electron chi connectivity index (χ3n) is 4.79. The first-order valence-electron chi connectivity index (χ1n) is 7.36. The molecule has 1 aliphatic carbocycles. The number of hydrogen-bond donors (Lipinski definition) is 1. The smallest absolute Gasteiger partial charge is 0.163 e. The summed E-state index contributed by atoms with van der Waals surface area (Å²) >= 11 is 3.43. The van der Waals surface area contributed by atoms with Crippen LogP contribution in [-0.4, -0.2) is 32.7 Å². The third-order valence-corrected chi connectivity index (χ3v) is 5.23. The molecule has 0 amide bonds. The topological polar surface area (TPSA) is 59.9 Å². The number of nitrogens with one attached hydrogen (secondary N) is 1. The summed E-state index contributed by atoms with van der Waals surface area (Å²) in [5, 5.41) is 3.60. The maximum Gasteiger partial charge on any atom is 0.163 e. The van der Waals surface area contributed by atoms with Crippen LogP contribution in [0.2, 0.25) is 0 Å². The van der Waals surface area contributed by atoms with Crippen LogP contribution in [0.3, 0.4) is 0 Å². The largest absolute Gasteiger partial charge is 0.373 e. The maximum absolute atomic E-state index is 5.89. The zero-order chi connectivity index (χ0) is 15.4. The van der Waals surface area contributed by atoms with Crippen LogP contribution in [0.1, 0.15) is 20.3 Å². The van der Waals surface area contributed by atoms with E-state index in [4.69, 9.17) is 4.74 Å². The third kappa shape index (κ3) is 2.13. The fourth-order valence-electron chi connectivity index (χ4n) is 3.34. The van der Waals surface area contributed by atoms with Gasteiger partial charge in [-0.3, -0.25) is 4.98 Å². The van der Waals surface area contributed by atoms with Crippen LogP contribution in [0.4, 0.5) is 5.82 Å². The number of hydrogen-bond acceptors (Lipinski definition) is 5. The van der Waals surface area contributed by atoms with E-state index in [1.807, 2.05) is 12.1 Å². The lowest BCUT2D eigenvalue weighted by Gasteiger charge is -2.31. The van der Waals surface area contributed by atoms with Gasteiger partial charge >= 0.3 is 0 Å². The normalized spacial score (nSPS) is 28.2. The number of fused-ring (bicyclic) bond motifs is 1. The number of nitrogens with zero attached hydrogens (tertiary/aromatic N) is 3. The summed E-state index contributed by atoms with van der Waals surface area (Å²) in [6.07, 6.45) is 6.43. The van der Waals surface area contributed by atoms with Gasteiger partial charge in [-0.2, -0.15) is 0 Å². The molecule has 0 spiro atoms. The van der Waals surface area contributed by atoms with Crippen LogP contribution < -0.4 is 5.32 Å². The van der Waals surface area contributed by atoms with Gasteiger partial charge in [-0.15, -0.1) is 0 Å². The van der Waals surface area contributed by atoms with Crippen molar-refractivity contribution in [3.05, 3.63) is 35.2 Å². The zero-order valence-electron chi connectivity index (χ0n) is 12.5. The van der Waals surface area contributed by atoms with E-state index in [0.29, 0.717) is 11.7 Å². The van der Waals surface area contributed by atoms with E-state index >= 15 is 0 Å². The van der Waals surface area contributed by atoms with Crippen molar-refractivity contribution in [3.8, 4) is 11.4 Å². The molecule has 6 heteroatoms. The predicted molar refractivity (Wildman–Crippen MR) is 87.5 cm³/mol. The number of ether oxygens (including phenoxy) is 1. The lowest BCUT2D eigenvalue weighted by atomic mass is 9.96. The van der Waals surface area contributed by atoms with E-state index in [2.05, 4.69) is 50.0 Å². The van der Waals surface area contributed by atoms with Crippen molar-refractivity contribution in [2.75, 3.05) is 11.9 Å². The van der Waals surface area contributed by atoms with Gasteiger partial charge in [0.05, 0.1) is 17.7 Å².